The van der Waals surface area contributed by atoms with Crippen LogP contribution in [-0.2, 0) is 0 Å². The first-order valence-corrected chi connectivity index (χ1v) is 1.25. The van der Waals surface area contributed by atoms with Gasteiger partial charge in [-0.15, -0.1) is 0 Å². The van der Waals surface area contributed by atoms with Gasteiger partial charge in [0, 0.05) is 0 Å². The molecule has 0 aromatic rings. The molecule has 0 bridgehead atoms. The first kappa shape index (κ1) is 10.9. The molecule has 5 heteroatoms. The summed E-state index contributed by atoms with van der Waals surface area (Å²) in [6, 6.07) is 0. The molecule has 0 fully saturated rings. The summed E-state index contributed by atoms with van der Waals surface area (Å²) < 4.78 is 31.7. The Morgan fingerprint density at radius 3 is 1.43 bits per heavy atom. The van der Waals surface area contributed by atoms with Crippen molar-refractivity contribution in [2.24, 2.45) is 0 Å². The van der Waals surface area contributed by atoms with Crippen LogP contribution in [0.25, 0.3) is 0 Å². The van der Waals surface area contributed by atoms with Crippen LogP contribution >= 0.6 is 0 Å². The van der Waals surface area contributed by atoms with Crippen molar-refractivity contribution < 1.29 is 21.1 Å². The van der Waals surface area contributed by atoms with Crippen LogP contribution in [0.5, 0.6) is 0 Å². The molecule has 0 aliphatic rings. The molecule has 0 heterocycles. The van der Waals surface area contributed by atoms with Gasteiger partial charge in [0.05, 0.1) is 0 Å². The zero-order valence-electron chi connectivity index (χ0n) is 5.44. The van der Waals surface area contributed by atoms with Crippen molar-refractivity contribution in [2.45, 2.75) is 12.8 Å². The van der Waals surface area contributed by atoms with Gasteiger partial charge < -0.3 is 7.96 Å². The van der Waals surface area contributed by atoms with Crippen LogP contribution < -0.4 is 0 Å². The smallest absolute Gasteiger partial charge is 1.00 e. The molecule has 1 nitrogen and oxygen atoms in total. The fourth-order valence-electron chi connectivity index (χ4n) is 0. The van der Waals surface area contributed by atoms with Crippen LogP contribution in [0.15, 0.2) is 0 Å². The summed E-state index contributed by atoms with van der Waals surface area (Å²) in [7, 11) is 0. The van der Waals surface area contributed by atoms with E-state index in [1.54, 1.807) is 0 Å². The third-order valence-corrected chi connectivity index (χ3v) is 0.208. The van der Waals surface area contributed by atoms with Gasteiger partial charge in [-0.05, 0) is 0 Å². The molecular formula is C2H5CaF3O. The Kier molecular flexibility index (Phi) is 8.02. The molecule has 0 spiro atoms. The van der Waals surface area contributed by atoms with E-state index in [1.807, 2.05) is 0 Å². The average Bonchev–Trinajstić information content (AvgIpc) is 1.36. The number of rotatable bonds is 1. The van der Waals surface area contributed by atoms with Gasteiger partial charge in [0.25, 0.3) is 12.8 Å². The maximum absolute atomic E-state index is 10.6. The van der Waals surface area contributed by atoms with Crippen molar-refractivity contribution in [3.63, 3.8) is 0 Å². The Bertz CT molecular complexity index is 40.8. The van der Waals surface area contributed by atoms with E-state index in [-0.39, 0.29) is 40.6 Å². The molecule has 1 N–H and O–H groups in total. The van der Waals surface area contributed by atoms with E-state index in [1.165, 1.54) is 0 Å². The third kappa shape index (κ3) is 7.01. The Labute approximate surface area is 71.5 Å². The molecule has 0 radical (unpaired) electrons. The van der Waals surface area contributed by atoms with Gasteiger partial charge in [-0.3, -0.25) is 0 Å². The summed E-state index contributed by atoms with van der Waals surface area (Å²) in [4.78, 5) is 0. The number of hydrogen-bond acceptors (Lipinski definition) is 1. The quantitative estimate of drug-likeness (QED) is 0.525. The summed E-state index contributed by atoms with van der Waals surface area (Å²) in [5.41, 5.74) is 0. The molecule has 0 aromatic heterocycles. The normalized spacial score (nSPS) is 13.3. The Morgan fingerprint density at radius 2 is 1.43 bits per heavy atom. The number of halogens is 3. The summed E-state index contributed by atoms with van der Waals surface area (Å²) in [5.74, 6) is 0. The Morgan fingerprint density at radius 1 is 1.29 bits per heavy atom. The van der Waals surface area contributed by atoms with Gasteiger partial charge in [-0.25, -0.2) is 13.2 Å². The molecule has 0 saturated heterocycles. The Hall–Kier alpha value is 1.01. The number of aliphatic hydroxyl groups excluding tert-OH is 1. The molecule has 0 amide bonds. The second kappa shape index (κ2) is 5.15. The fraction of sp³-hybridized carbons (Fsp3) is 1.00. The topological polar surface area (TPSA) is 20.2 Å². The van der Waals surface area contributed by atoms with Crippen LogP contribution in [0, 0.1) is 0 Å². The van der Waals surface area contributed by atoms with Crippen LogP contribution in [0.3, 0.4) is 0 Å². The number of alkyl halides is 3. The summed E-state index contributed by atoms with van der Waals surface area (Å²) in [6.45, 7) is 0. The summed E-state index contributed by atoms with van der Waals surface area (Å²) in [5, 5.41) is 7.21. The maximum Gasteiger partial charge on any atom is 2.00 e. The SMILES string of the molecule is OC(F)C(F)F.[Ca+2].[H-].[H-]. The van der Waals surface area contributed by atoms with E-state index in [0.717, 1.165) is 0 Å². The van der Waals surface area contributed by atoms with Crippen LogP contribution in [0.4, 0.5) is 13.2 Å². The molecule has 0 aliphatic carbocycles. The van der Waals surface area contributed by atoms with Gasteiger partial charge in [-0.1, -0.05) is 0 Å². The van der Waals surface area contributed by atoms with Crippen molar-refractivity contribution in [3.05, 3.63) is 0 Å². The largest absolute Gasteiger partial charge is 2.00 e. The van der Waals surface area contributed by atoms with Crippen molar-refractivity contribution in [1.29, 1.82) is 0 Å². The third-order valence-electron chi connectivity index (χ3n) is 0.208. The molecule has 0 aromatic carbocycles. The van der Waals surface area contributed by atoms with Crippen molar-refractivity contribution >= 4 is 37.7 Å². The second-order valence-corrected chi connectivity index (χ2v) is 0.707. The molecule has 0 saturated carbocycles. The molecule has 0 rings (SSSR count). The first-order valence-electron chi connectivity index (χ1n) is 1.25. The monoisotopic (exact) mass is 142 g/mol. The maximum atomic E-state index is 10.6. The zero-order valence-corrected chi connectivity index (χ0v) is 5.65. The van der Waals surface area contributed by atoms with Crippen molar-refractivity contribution in [2.75, 3.05) is 0 Å². The van der Waals surface area contributed by atoms with E-state index in [0.29, 0.717) is 0 Å². The molecule has 0 aliphatic heterocycles. The summed E-state index contributed by atoms with van der Waals surface area (Å²) >= 11 is 0. The van der Waals surface area contributed by atoms with Gasteiger partial charge in [-0.2, -0.15) is 0 Å². The van der Waals surface area contributed by atoms with Gasteiger partial charge in [0.15, 0.2) is 0 Å². The predicted molar refractivity (Wildman–Crippen MR) is 21.1 cm³/mol. The molecule has 1 atom stereocenters. The number of aliphatic hydroxyl groups is 1. The van der Waals surface area contributed by atoms with Gasteiger partial charge in [0.2, 0.25) is 0 Å². The minimum absolute atomic E-state index is 0. The standard InChI is InChI=1S/C2H3F3O.Ca.2H/c3-1(4)2(5)6;;;/h1-2,6H;;;/q;+2;2*-1. The van der Waals surface area contributed by atoms with Gasteiger partial charge in [0.1, 0.15) is 0 Å². The molecule has 7 heavy (non-hydrogen) atoms. The predicted octanol–water partition coefficient (Wildman–Crippen LogP) is 0.384. The molecule has 42 valence electrons. The molecule has 1 unspecified atom stereocenters. The minimum atomic E-state index is -3.26. The van der Waals surface area contributed by atoms with Crippen molar-refractivity contribution in [3.8, 4) is 0 Å². The number of hydrogen-bond donors (Lipinski definition) is 1. The van der Waals surface area contributed by atoms with E-state index >= 15 is 0 Å². The summed E-state index contributed by atoms with van der Waals surface area (Å²) in [6.07, 6.45) is -6.24. The average molecular weight is 142 g/mol. The van der Waals surface area contributed by atoms with Crippen LogP contribution in [0.2, 0.25) is 0 Å². The van der Waals surface area contributed by atoms with Gasteiger partial charge >= 0.3 is 37.7 Å². The fourth-order valence-corrected chi connectivity index (χ4v) is 0. The minimum Gasteiger partial charge on any atom is -1.00 e. The van der Waals surface area contributed by atoms with Crippen LogP contribution in [0.1, 0.15) is 2.85 Å². The van der Waals surface area contributed by atoms with E-state index in [9.17, 15) is 13.2 Å². The van der Waals surface area contributed by atoms with Crippen molar-refractivity contribution in [1.82, 2.24) is 0 Å². The zero-order chi connectivity index (χ0) is 5.15. The van der Waals surface area contributed by atoms with Crippen LogP contribution in [-0.4, -0.2) is 55.6 Å². The van der Waals surface area contributed by atoms with E-state index in [4.69, 9.17) is 5.11 Å². The van der Waals surface area contributed by atoms with E-state index < -0.39 is 12.8 Å². The second-order valence-electron chi connectivity index (χ2n) is 0.707. The van der Waals surface area contributed by atoms with E-state index in [2.05, 4.69) is 0 Å². The first-order chi connectivity index (χ1) is 2.64. The molecular weight excluding hydrogens is 137 g/mol. The Balaban J connectivity index is -0.0000000417.